The van der Waals surface area contributed by atoms with Crippen LogP contribution in [0.25, 0.3) is 0 Å². The van der Waals surface area contributed by atoms with E-state index in [9.17, 15) is 4.79 Å². The quantitative estimate of drug-likeness (QED) is 0.730. The number of alkyl carbamates (subject to hydrolysis) is 1. The maximum atomic E-state index is 11.7. The van der Waals surface area contributed by atoms with Crippen LogP contribution in [0.4, 0.5) is 4.79 Å². The van der Waals surface area contributed by atoms with Gasteiger partial charge in [-0.2, -0.15) is 0 Å². The van der Waals surface area contributed by atoms with Gasteiger partial charge >= 0.3 is 6.09 Å². The third kappa shape index (κ3) is 6.60. The fourth-order valence-corrected chi connectivity index (χ4v) is 2.03. The molecule has 1 atom stereocenters. The lowest BCUT2D eigenvalue weighted by Crippen LogP contribution is -2.44. The third-order valence-electron chi connectivity index (χ3n) is 3.47. The van der Waals surface area contributed by atoms with Crippen LogP contribution < -0.4 is 10.6 Å². The highest BCUT2D eigenvalue weighted by Crippen LogP contribution is 2.27. The molecule has 0 heterocycles. The van der Waals surface area contributed by atoms with Crippen molar-refractivity contribution < 1.29 is 14.3 Å². The first-order valence-corrected chi connectivity index (χ1v) is 7.45. The molecule has 5 nitrogen and oxygen atoms in total. The van der Waals surface area contributed by atoms with Crippen LogP contribution in [0.1, 0.15) is 18.4 Å². The average molecular weight is 292 g/mol. The molecule has 0 radical (unpaired) electrons. The molecular weight excluding hydrogens is 268 g/mol. The molecule has 0 aromatic heterocycles. The molecule has 0 aliphatic heterocycles. The fourth-order valence-electron chi connectivity index (χ4n) is 2.03. The number of methoxy groups -OCH3 is 1. The van der Waals surface area contributed by atoms with Crippen molar-refractivity contribution in [2.45, 2.75) is 25.5 Å². The molecule has 1 aromatic carbocycles. The number of hydrogen-bond acceptors (Lipinski definition) is 4. The Morgan fingerprint density at radius 1 is 1.33 bits per heavy atom. The van der Waals surface area contributed by atoms with E-state index in [2.05, 4.69) is 10.6 Å². The molecule has 5 heteroatoms. The van der Waals surface area contributed by atoms with E-state index in [1.54, 1.807) is 7.11 Å². The maximum absolute atomic E-state index is 11.7. The summed E-state index contributed by atoms with van der Waals surface area (Å²) in [7, 11) is 1.67. The van der Waals surface area contributed by atoms with Crippen molar-refractivity contribution in [2.24, 2.45) is 5.92 Å². The van der Waals surface area contributed by atoms with Gasteiger partial charge in [-0.3, -0.25) is 0 Å². The van der Waals surface area contributed by atoms with E-state index in [0.717, 1.165) is 18.0 Å². The Hall–Kier alpha value is -1.59. The zero-order valence-corrected chi connectivity index (χ0v) is 12.5. The fraction of sp³-hybridized carbons (Fsp3) is 0.562. The highest BCUT2D eigenvalue weighted by Gasteiger charge is 2.22. The van der Waals surface area contributed by atoms with Crippen molar-refractivity contribution in [2.75, 3.05) is 26.8 Å². The van der Waals surface area contributed by atoms with Crippen LogP contribution in [0.15, 0.2) is 30.3 Å². The van der Waals surface area contributed by atoms with Crippen LogP contribution in [-0.4, -0.2) is 38.9 Å². The van der Waals surface area contributed by atoms with Crippen LogP contribution in [0.5, 0.6) is 0 Å². The predicted molar refractivity (Wildman–Crippen MR) is 81.0 cm³/mol. The molecule has 2 N–H and O–H groups in total. The summed E-state index contributed by atoms with van der Waals surface area (Å²) in [6.07, 6.45) is 2.21. The lowest BCUT2D eigenvalue weighted by molar-refractivity contribution is 0.132. The Morgan fingerprint density at radius 3 is 2.76 bits per heavy atom. The zero-order chi connectivity index (χ0) is 14.9. The van der Waals surface area contributed by atoms with Crippen LogP contribution >= 0.6 is 0 Å². The van der Waals surface area contributed by atoms with E-state index in [-0.39, 0.29) is 12.6 Å². The van der Waals surface area contributed by atoms with Gasteiger partial charge < -0.3 is 20.1 Å². The third-order valence-corrected chi connectivity index (χ3v) is 3.47. The van der Waals surface area contributed by atoms with Gasteiger partial charge in [0, 0.05) is 19.7 Å². The van der Waals surface area contributed by atoms with Crippen molar-refractivity contribution in [3.8, 4) is 0 Å². The first kappa shape index (κ1) is 15.8. The van der Waals surface area contributed by atoms with E-state index < -0.39 is 6.09 Å². The number of amides is 1. The molecule has 2 rings (SSSR count). The highest BCUT2D eigenvalue weighted by molar-refractivity contribution is 5.67. The van der Waals surface area contributed by atoms with Gasteiger partial charge in [-0.05, 0) is 30.9 Å². The Labute approximate surface area is 126 Å². The van der Waals surface area contributed by atoms with Gasteiger partial charge in [-0.25, -0.2) is 4.79 Å². The number of benzene rings is 1. The minimum atomic E-state index is -0.395. The van der Waals surface area contributed by atoms with Crippen LogP contribution in [0, 0.1) is 5.92 Å². The van der Waals surface area contributed by atoms with Gasteiger partial charge in [-0.15, -0.1) is 0 Å². The smallest absolute Gasteiger partial charge is 0.407 e. The molecule has 21 heavy (non-hydrogen) atoms. The Bertz CT molecular complexity index is 421. The second-order valence-electron chi connectivity index (χ2n) is 5.45. The Balaban J connectivity index is 1.63. The number of carbonyl (C=O) groups excluding carboxylic acids is 1. The van der Waals surface area contributed by atoms with E-state index in [1.165, 1.54) is 12.8 Å². The molecule has 1 aliphatic rings. The molecule has 116 valence electrons. The predicted octanol–water partition coefficient (Wildman–Crippen LogP) is 1.93. The molecule has 1 fully saturated rings. The minimum Gasteiger partial charge on any atom is -0.445 e. The maximum Gasteiger partial charge on any atom is 0.407 e. The Morgan fingerprint density at radius 2 is 2.10 bits per heavy atom. The first-order chi connectivity index (χ1) is 10.3. The zero-order valence-electron chi connectivity index (χ0n) is 12.5. The summed E-state index contributed by atoms with van der Waals surface area (Å²) in [5.41, 5.74) is 0.980. The second kappa shape index (κ2) is 8.64. The molecule has 1 aliphatic carbocycles. The van der Waals surface area contributed by atoms with Gasteiger partial charge in [0.15, 0.2) is 0 Å². The van der Waals surface area contributed by atoms with Crippen LogP contribution in [0.2, 0.25) is 0 Å². The summed E-state index contributed by atoms with van der Waals surface area (Å²) in [5.74, 6) is 0.800. The van der Waals surface area contributed by atoms with E-state index in [4.69, 9.17) is 9.47 Å². The molecule has 0 bridgehead atoms. The van der Waals surface area contributed by atoms with Gasteiger partial charge in [0.1, 0.15) is 6.61 Å². The van der Waals surface area contributed by atoms with Crippen LogP contribution in [0.3, 0.4) is 0 Å². The SMILES string of the molecule is COC[C@H](CNC(=O)OCc1ccccc1)NCC1CC1. The van der Waals surface area contributed by atoms with Crippen molar-refractivity contribution in [3.05, 3.63) is 35.9 Å². The Kier molecular flexibility index (Phi) is 6.50. The molecule has 0 unspecified atom stereocenters. The van der Waals surface area contributed by atoms with Gasteiger partial charge in [0.2, 0.25) is 0 Å². The highest BCUT2D eigenvalue weighted by atomic mass is 16.5. The summed E-state index contributed by atoms with van der Waals surface area (Å²) in [5, 5.41) is 6.19. The van der Waals surface area contributed by atoms with E-state index >= 15 is 0 Å². The molecule has 1 saturated carbocycles. The number of carbonyl (C=O) groups is 1. The molecule has 0 spiro atoms. The molecule has 1 aromatic rings. The van der Waals surface area contributed by atoms with Gasteiger partial charge in [0.05, 0.1) is 6.61 Å². The summed E-state index contributed by atoms with van der Waals surface area (Å²) < 4.78 is 10.3. The van der Waals surface area contributed by atoms with Crippen molar-refractivity contribution in [3.63, 3.8) is 0 Å². The second-order valence-corrected chi connectivity index (χ2v) is 5.45. The first-order valence-electron chi connectivity index (χ1n) is 7.45. The molecule has 1 amide bonds. The summed E-state index contributed by atoms with van der Waals surface area (Å²) >= 11 is 0. The molecular formula is C16H24N2O3. The topological polar surface area (TPSA) is 59.6 Å². The normalized spacial score (nSPS) is 15.5. The van der Waals surface area contributed by atoms with Crippen molar-refractivity contribution in [1.29, 1.82) is 0 Å². The lowest BCUT2D eigenvalue weighted by Gasteiger charge is -2.18. The van der Waals surface area contributed by atoms with Crippen molar-refractivity contribution >= 4 is 6.09 Å². The summed E-state index contributed by atoms with van der Waals surface area (Å²) in [6, 6.07) is 9.76. The van der Waals surface area contributed by atoms with Crippen LogP contribution in [-0.2, 0) is 16.1 Å². The van der Waals surface area contributed by atoms with Crippen molar-refractivity contribution in [1.82, 2.24) is 10.6 Å². The largest absolute Gasteiger partial charge is 0.445 e. The van der Waals surface area contributed by atoms with E-state index in [0.29, 0.717) is 13.2 Å². The number of nitrogens with one attached hydrogen (secondary N) is 2. The summed E-state index contributed by atoms with van der Waals surface area (Å²) in [4.78, 5) is 11.7. The summed E-state index contributed by atoms with van der Waals surface area (Å²) in [6.45, 7) is 2.37. The number of rotatable bonds is 9. The van der Waals surface area contributed by atoms with E-state index in [1.807, 2.05) is 30.3 Å². The molecule has 0 saturated heterocycles. The van der Waals surface area contributed by atoms with Gasteiger partial charge in [-0.1, -0.05) is 30.3 Å². The minimum absolute atomic E-state index is 0.125. The monoisotopic (exact) mass is 292 g/mol. The standard InChI is InChI=1S/C16H24N2O3/c1-20-12-15(17-9-13-7-8-13)10-18-16(19)21-11-14-5-3-2-4-6-14/h2-6,13,15,17H,7-12H2,1H3,(H,18,19)/t15-/m0/s1. The van der Waals surface area contributed by atoms with Gasteiger partial charge in [0.25, 0.3) is 0 Å². The number of hydrogen-bond donors (Lipinski definition) is 2. The average Bonchev–Trinajstić information content (AvgIpc) is 3.33. The number of ether oxygens (including phenoxy) is 2. The lowest BCUT2D eigenvalue weighted by atomic mass is 10.2.